The molecule has 1 saturated heterocycles. The Balaban J connectivity index is 1.82. The van der Waals surface area contributed by atoms with Crippen LogP contribution >= 0.6 is 0 Å². The minimum Gasteiger partial charge on any atom is -0.379 e. The van der Waals surface area contributed by atoms with E-state index in [-0.39, 0.29) is 23.6 Å². The maximum atomic E-state index is 12.9. The Morgan fingerprint density at radius 3 is 2.61 bits per heavy atom. The van der Waals surface area contributed by atoms with Crippen LogP contribution in [0.3, 0.4) is 0 Å². The van der Waals surface area contributed by atoms with Crippen LogP contribution in [0.4, 0.5) is 0 Å². The molecule has 0 radical (unpaired) electrons. The van der Waals surface area contributed by atoms with Gasteiger partial charge in [-0.3, -0.25) is 9.78 Å². The van der Waals surface area contributed by atoms with Crippen molar-refractivity contribution >= 4 is 27.7 Å². The van der Waals surface area contributed by atoms with E-state index in [0.29, 0.717) is 10.00 Å². The lowest BCUT2D eigenvalue weighted by atomic mass is 10.2. The second-order valence-corrected chi connectivity index (χ2v) is 7.98. The highest BCUT2D eigenvalue weighted by molar-refractivity contribution is 7.89. The largest absolute Gasteiger partial charge is 0.379 e. The Morgan fingerprint density at radius 2 is 1.96 bits per heavy atom. The zero-order chi connectivity index (χ0) is 20.3. The van der Waals surface area contributed by atoms with E-state index in [1.54, 1.807) is 30.3 Å². The number of benzene rings is 1. The summed E-state index contributed by atoms with van der Waals surface area (Å²) in [6.45, 7) is 1.81. The van der Waals surface area contributed by atoms with Crippen LogP contribution in [0.5, 0.6) is 0 Å². The fourth-order valence-electron chi connectivity index (χ4n) is 2.72. The van der Waals surface area contributed by atoms with Crippen LogP contribution in [0, 0.1) is 6.92 Å². The summed E-state index contributed by atoms with van der Waals surface area (Å²) in [6.07, 6.45) is 1.40. The van der Waals surface area contributed by atoms with Gasteiger partial charge in [0.1, 0.15) is 11.7 Å². The van der Waals surface area contributed by atoms with Gasteiger partial charge in [0.05, 0.1) is 4.90 Å². The number of pyridine rings is 1. The van der Waals surface area contributed by atoms with Gasteiger partial charge in [-0.05, 0) is 37.6 Å². The lowest BCUT2D eigenvalue weighted by molar-refractivity contribution is -0.149. The Labute approximate surface area is 161 Å². The molecule has 1 amide bonds. The summed E-state index contributed by atoms with van der Waals surface area (Å²) >= 11 is 0. The standard InChI is InChI=1S/C18H18N4O5S/c1-12-5-7-13(8-6-12)28(25,26)22-15(9-10-16(22)23)18(24)27-21-17(19)14-4-2-3-11-20-14/h2-8,11,15H,9-10H2,1H3,(H2,19,21). The van der Waals surface area contributed by atoms with E-state index in [0.717, 1.165) is 5.56 Å². The summed E-state index contributed by atoms with van der Waals surface area (Å²) in [4.78, 5) is 33.3. The topological polar surface area (TPSA) is 132 Å². The third kappa shape index (κ3) is 3.86. The number of hydrogen-bond acceptors (Lipinski definition) is 7. The van der Waals surface area contributed by atoms with Crippen LogP contribution in [0.2, 0.25) is 0 Å². The van der Waals surface area contributed by atoms with Gasteiger partial charge in [-0.25, -0.2) is 17.5 Å². The van der Waals surface area contributed by atoms with Crippen molar-refractivity contribution in [2.75, 3.05) is 0 Å². The molecule has 0 saturated carbocycles. The second kappa shape index (κ2) is 7.77. The molecular weight excluding hydrogens is 384 g/mol. The van der Waals surface area contributed by atoms with Gasteiger partial charge in [-0.2, -0.15) is 0 Å². The third-order valence-electron chi connectivity index (χ3n) is 4.17. The first kappa shape index (κ1) is 19.5. The maximum Gasteiger partial charge on any atom is 0.358 e. The third-order valence-corrected chi connectivity index (χ3v) is 6.02. The van der Waals surface area contributed by atoms with Crippen LogP contribution in [-0.4, -0.2) is 41.5 Å². The Hall–Kier alpha value is -3.27. The van der Waals surface area contributed by atoms with Gasteiger partial charge in [0.2, 0.25) is 5.91 Å². The Kier molecular flexibility index (Phi) is 5.41. The van der Waals surface area contributed by atoms with Gasteiger partial charge < -0.3 is 10.6 Å². The zero-order valence-corrected chi connectivity index (χ0v) is 15.8. The SMILES string of the molecule is Cc1ccc(S(=O)(=O)N2C(=O)CCC2C(=O)ON=C(N)c2ccccn2)cc1. The minimum atomic E-state index is -4.20. The number of rotatable bonds is 5. The zero-order valence-electron chi connectivity index (χ0n) is 15.0. The van der Waals surface area contributed by atoms with E-state index in [9.17, 15) is 18.0 Å². The predicted molar refractivity (Wildman–Crippen MR) is 99.3 cm³/mol. The number of amides is 1. The number of carbonyl (C=O) groups excluding carboxylic acids is 2. The molecule has 0 aliphatic carbocycles. The van der Waals surface area contributed by atoms with E-state index in [1.807, 2.05) is 6.92 Å². The van der Waals surface area contributed by atoms with Gasteiger partial charge in [0.15, 0.2) is 5.84 Å². The number of aromatic nitrogens is 1. The van der Waals surface area contributed by atoms with Crippen LogP contribution in [-0.2, 0) is 24.4 Å². The van der Waals surface area contributed by atoms with Crippen molar-refractivity contribution in [3.63, 3.8) is 0 Å². The fourth-order valence-corrected chi connectivity index (χ4v) is 4.31. The van der Waals surface area contributed by atoms with Gasteiger partial charge in [-0.1, -0.05) is 28.9 Å². The number of hydrogen-bond donors (Lipinski definition) is 1. The van der Waals surface area contributed by atoms with Crippen molar-refractivity contribution in [3.05, 3.63) is 59.9 Å². The molecule has 1 aromatic carbocycles. The van der Waals surface area contributed by atoms with Crippen molar-refractivity contribution in [1.82, 2.24) is 9.29 Å². The quantitative estimate of drug-likeness (QED) is 0.340. The normalized spacial score (nSPS) is 17.6. The number of sulfonamides is 1. The molecule has 1 unspecified atom stereocenters. The molecule has 0 bridgehead atoms. The molecule has 1 fully saturated rings. The molecule has 2 heterocycles. The lowest BCUT2D eigenvalue weighted by Crippen LogP contribution is -2.43. The molecule has 2 aromatic rings. The first-order valence-corrected chi connectivity index (χ1v) is 9.84. The van der Waals surface area contributed by atoms with Crippen molar-refractivity contribution in [2.45, 2.75) is 30.7 Å². The van der Waals surface area contributed by atoms with E-state index >= 15 is 0 Å². The Morgan fingerprint density at radius 1 is 1.25 bits per heavy atom. The molecule has 28 heavy (non-hydrogen) atoms. The molecule has 9 nitrogen and oxygen atoms in total. The van der Waals surface area contributed by atoms with Crippen LogP contribution in [0.25, 0.3) is 0 Å². The van der Waals surface area contributed by atoms with Gasteiger partial charge >= 0.3 is 5.97 Å². The summed E-state index contributed by atoms with van der Waals surface area (Å²) in [5, 5.41) is 3.51. The number of carbonyl (C=O) groups is 2. The molecule has 10 heteroatoms. The number of aryl methyl sites for hydroxylation is 1. The maximum absolute atomic E-state index is 12.9. The number of nitrogens with zero attached hydrogens (tertiary/aromatic N) is 3. The van der Waals surface area contributed by atoms with Gasteiger partial charge in [-0.15, -0.1) is 0 Å². The highest BCUT2D eigenvalue weighted by Gasteiger charge is 2.45. The average molecular weight is 402 g/mol. The number of nitrogens with two attached hydrogens (primary N) is 1. The molecular formula is C18H18N4O5S. The van der Waals surface area contributed by atoms with Crippen LogP contribution < -0.4 is 5.73 Å². The minimum absolute atomic E-state index is 0.00176. The molecule has 146 valence electrons. The molecule has 0 spiro atoms. The van der Waals surface area contributed by atoms with E-state index in [2.05, 4.69) is 10.1 Å². The molecule has 1 aromatic heterocycles. The summed E-state index contributed by atoms with van der Waals surface area (Å²) < 4.78 is 26.3. The predicted octanol–water partition coefficient (Wildman–Crippen LogP) is 0.933. The highest BCUT2D eigenvalue weighted by atomic mass is 32.2. The summed E-state index contributed by atoms with van der Waals surface area (Å²) in [5.74, 6) is -1.81. The van der Waals surface area contributed by atoms with Crippen molar-refractivity contribution in [2.24, 2.45) is 10.9 Å². The van der Waals surface area contributed by atoms with Crippen molar-refractivity contribution in [3.8, 4) is 0 Å². The Bertz CT molecular complexity index is 1020. The lowest BCUT2D eigenvalue weighted by Gasteiger charge is -2.22. The highest BCUT2D eigenvalue weighted by Crippen LogP contribution is 2.28. The van der Waals surface area contributed by atoms with Crippen LogP contribution in [0.15, 0.2) is 58.7 Å². The van der Waals surface area contributed by atoms with E-state index in [4.69, 9.17) is 10.6 Å². The first-order chi connectivity index (χ1) is 13.3. The second-order valence-electron chi connectivity index (χ2n) is 6.16. The molecule has 2 N–H and O–H groups in total. The van der Waals surface area contributed by atoms with Crippen LogP contribution in [0.1, 0.15) is 24.1 Å². The average Bonchev–Trinajstić information content (AvgIpc) is 3.09. The van der Waals surface area contributed by atoms with E-state index in [1.165, 1.54) is 18.3 Å². The molecule has 3 rings (SSSR count). The van der Waals surface area contributed by atoms with Crippen molar-refractivity contribution < 1.29 is 22.8 Å². The smallest absolute Gasteiger partial charge is 0.358 e. The number of amidine groups is 1. The first-order valence-electron chi connectivity index (χ1n) is 8.40. The molecule has 1 aliphatic heterocycles. The van der Waals surface area contributed by atoms with Gasteiger partial charge in [0, 0.05) is 12.6 Å². The van der Waals surface area contributed by atoms with E-state index < -0.39 is 27.9 Å². The summed E-state index contributed by atoms with van der Waals surface area (Å²) in [6, 6.07) is 9.61. The fraction of sp³-hybridized carbons (Fsp3) is 0.222. The van der Waals surface area contributed by atoms with Crippen molar-refractivity contribution in [1.29, 1.82) is 0 Å². The van der Waals surface area contributed by atoms with Gasteiger partial charge in [0.25, 0.3) is 10.0 Å². The molecule has 1 atom stereocenters. The number of oxime groups is 1. The monoisotopic (exact) mass is 402 g/mol. The molecule has 1 aliphatic rings. The summed E-state index contributed by atoms with van der Waals surface area (Å²) in [5.41, 5.74) is 6.86. The summed E-state index contributed by atoms with van der Waals surface area (Å²) in [7, 11) is -4.20.